The molecule has 1 fully saturated rings. The number of hydrogen-bond acceptors (Lipinski definition) is 5. The Hall–Kier alpha value is -2.73. The van der Waals surface area contributed by atoms with Gasteiger partial charge in [0.1, 0.15) is 5.01 Å². The predicted molar refractivity (Wildman–Crippen MR) is 123 cm³/mol. The molecular formula is C24H28N4OS. The number of nitrogens with one attached hydrogen (secondary N) is 2. The van der Waals surface area contributed by atoms with Crippen molar-refractivity contribution in [2.24, 2.45) is 0 Å². The molecule has 1 heterocycles. The van der Waals surface area contributed by atoms with Crippen molar-refractivity contribution in [3.8, 4) is 0 Å². The largest absolute Gasteiger partial charge is 0.381 e. The molecule has 1 aliphatic carbocycles. The predicted octanol–water partition coefficient (Wildman–Crippen LogP) is 6.01. The average molecular weight is 421 g/mol. The van der Waals surface area contributed by atoms with Gasteiger partial charge in [0, 0.05) is 23.7 Å². The van der Waals surface area contributed by atoms with Crippen LogP contribution in [0.2, 0.25) is 0 Å². The van der Waals surface area contributed by atoms with Gasteiger partial charge >= 0.3 is 0 Å². The lowest BCUT2D eigenvalue weighted by atomic mass is 9.90. The zero-order valence-electron chi connectivity index (χ0n) is 17.4. The third-order valence-electron chi connectivity index (χ3n) is 5.69. The molecule has 2 N–H and O–H groups in total. The molecular weight excluding hydrogens is 392 g/mol. The topological polar surface area (TPSA) is 66.9 Å². The maximum Gasteiger partial charge on any atom is 0.257 e. The first-order valence-corrected chi connectivity index (χ1v) is 11.6. The molecule has 0 atom stereocenters. The fourth-order valence-corrected chi connectivity index (χ4v) is 4.90. The van der Waals surface area contributed by atoms with Crippen LogP contribution in [-0.4, -0.2) is 16.1 Å². The summed E-state index contributed by atoms with van der Waals surface area (Å²) in [4.78, 5) is 12.7. The SMILES string of the molecule is CCc1ccccc1NCc1cccc(C(=O)Nc2nnc(C3CCCCC3)s2)c1. The van der Waals surface area contributed by atoms with Crippen molar-refractivity contribution in [2.75, 3.05) is 10.6 Å². The first kappa shape index (κ1) is 20.5. The fraction of sp³-hybridized carbons (Fsp3) is 0.375. The number of nitrogens with zero attached hydrogens (tertiary/aromatic N) is 2. The Morgan fingerprint density at radius 1 is 1.07 bits per heavy atom. The Kier molecular flexibility index (Phi) is 6.74. The second-order valence-electron chi connectivity index (χ2n) is 7.80. The first-order chi connectivity index (χ1) is 14.7. The Bertz CT molecular complexity index is 994. The molecule has 1 amide bonds. The van der Waals surface area contributed by atoms with E-state index in [9.17, 15) is 4.79 Å². The summed E-state index contributed by atoms with van der Waals surface area (Å²) in [5.74, 6) is 0.361. The van der Waals surface area contributed by atoms with Gasteiger partial charge in [-0.15, -0.1) is 10.2 Å². The molecule has 3 aromatic rings. The van der Waals surface area contributed by atoms with Gasteiger partial charge in [-0.25, -0.2) is 0 Å². The van der Waals surface area contributed by atoms with Gasteiger partial charge in [0.2, 0.25) is 5.13 Å². The summed E-state index contributed by atoms with van der Waals surface area (Å²) in [6, 6.07) is 16.0. The van der Waals surface area contributed by atoms with E-state index in [2.05, 4.69) is 46.0 Å². The van der Waals surface area contributed by atoms with Crippen molar-refractivity contribution < 1.29 is 4.79 Å². The maximum absolute atomic E-state index is 12.7. The summed E-state index contributed by atoms with van der Waals surface area (Å²) >= 11 is 1.51. The summed E-state index contributed by atoms with van der Waals surface area (Å²) in [6.45, 7) is 2.82. The summed E-state index contributed by atoms with van der Waals surface area (Å²) in [6.07, 6.45) is 7.17. The van der Waals surface area contributed by atoms with Crippen molar-refractivity contribution in [3.05, 3.63) is 70.2 Å². The molecule has 156 valence electrons. The number of amides is 1. The van der Waals surface area contributed by atoms with Crippen LogP contribution in [0.3, 0.4) is 0 Å². The molecule has 4 rings (SSSR count). The Labute approximate surface area is 181 Å². The van der Waals surface area contributed by atoms with E-state index in [1.165, 1.54) is 49.0 Å². The zero-order valence-corrected chi connectivity index (χ0v) is 18.2. The maximum atomic E-state index is 12.7. The van der Waals surface area contributed by atoms with Crippen molar-refractivity contribution in [2.45, 2.75) is 57.9 Å². The van der Waals surface area contributed by atoms with Gasteiger partial charge in [-0.2, -0.15) is 0 Å². The third-order valence-corrected chi connectivity index (χ3v) is 6.69. The lowest BCUT2D eigenvalue weighted by Gasteiger charge is -2.18. The number of hydrogen-bond donors (Lipinski definition) is 2. The monoisotopic (exact) mass is 420 g/mol. The Balaban J connectivity index is 1.38. The van der Waals surface area contributed by atoms with E-state index in [4.69, 9.17) is 0 Å². The number of aromatic nitrogens is 2. The van der Waals surface area contributed by atoms with E-state index < -0.39 is 0 Å². The lowest BCUT2D eigenvalue weighted by Crippen LogP contribution is -2.12. The van der Waals surface area contributed by atoms with Crippen molar-refractivity contribution in [1.82, 2.24) is 10.2 Å². The molecule has 0 bridgehead atoms. The summed E-state index contributed by atoms with van der Waals surface area (Å²) < 4.78 is 0. The number of rotatable bonds is 7. The number of para-hydroxylation sites is 1. The quantitative estimate of drug-likeness (QED) is 0.491. The van der Waals surface area contributed by atoms with Gasteiger partial charge in [0.25, 0.3) is 5.91 Å². The fourth-order valence-electron chi connectivity index (χ4n) is 3.99. The van der Waals surface area contributed by atoms with E-state index in [1.807, 2.05) is 30.3 Å². The third kappa shape index (κ3) is 5.05. The van der Waals surface area contributed by atoms with Crippen LogP contribution in [0, 0.1) is 0 Å². The number of carbonyl (C=O) groups excluding carboxylic acids is 1. The molecule has 1 saturated carbocycles. The van der Waals surface area contributed by atoms with Crippen molar-refractivity contribution in [1.29, 1.82) is 0 Å². The van der Waals surface area contributed by atoms with Crippen LogP contribution in [0.25, 0.3) is 0 Å². The molecule has 0 saturated heterocycles. The number of benzene rings is 2. The first-order valence-electron chi connectivity index (χ1n) is 10.8. The van der Waals surface area contributed by atoms with E-state index >= 15 is 0 Å². The minimum atomic E-state index is -0.142. The minimum absolute atomic E-state index is 0.142. The Morgan fingerprint density at radius 3 is 2.73 bits per heavy atom. The highest BCUT2D eigenvalue weighted by Crippen LogP contribution is 2.35. The lowest BCUT2D eigenvalue weighted by molar-refractivity contribution is 0.102. The zero-order chi connectivity index (χ0) is 20.8. The van der Waals surface area contributed by atoms with Crippen LogP contribution >= 0.6 is 11.3 Å². The van der Waals surface area contributed by atoms with Crippen LogP contribution < -0.4 is 10.6 Å². The standard InChI is InChI=1S/C24H28N4OS/c1-2-18-10-6-7-14-21(18)25-16-17-9-8-13-20(15-17)22(29)26-24-28-27-23(30-24)19-11-4-3-5-12-19/h6-10,13-15,19,25H,2-5,11-12,16H2,1H3,(H,26,28,29). The number of anilines is 2. The number of carbonyl (C=O) groups is 1. The van der Waals surface area contributed by atoms with Crippen LogP contribution in [0.15, 0.2) is 48.5 Å². The summed E-state index contributed by atoms with van der Waals surface area (Å²) in [7, 11) is 0. The molecule has 1 aromatic heterocycles. The molecule has 0 radical (unpaired) electrons. The second-order valence-corrected chi connectivity index (χ2v) is 8.81. The molecule has 2 aromatic carbocycles. The van der Waals surface area contributed by atoms with Gasteiger partial charge < -0.3 is 5.32 Å². The normalized spacial score (nSPS) is 14.4. The average Bonchev–Trinajstić information content (AvgIpc) is 3.27. The molecule has 5 nitrogen and oxygen atoms in total. The van der Waals surface area contributed by atoms with Crippen molar-refractivity contribution in [3.63, 3.8) is 0 Å². The molecule has 0 aliphatic heterocycles. The van der Waals surface area contributed by atoms with Gasteiger partial charge in [0.05, 0.1) is 0 Å². The van der Waals surface area contributed by atoms with E-state index in [-0.39, 0.29) is 5.91 Å². The summed E-state index contributed by atoms with van der Waals surface area (Å²) in [5, 5.41) is 16.6. The van der Waals surface area contributed by atoms with E-state index in [1.54, 1.807) is 0 Å². The Morgan fingerprint density at radius 2 is 1.90 bits per heavy atom. The van der Waals surface area contributed by atoms with Gasteiger partial charge in [0.15, 0.2) is 0 Å². The van der Waals surface area contributed by atoms with Crippen LogP contribution in [0.1, 0.15) is 71.4 Å². The van der Waals surface area contributed by atoms with Crippen LogP contribution in [0.4, 0.5) is 10.8 Å². The van der Waals surface area contributed by atoms with Crippen LogP contribution in [-0.2, 0) is 13.0 Å². The van der Waals surface area contributed by atoms with E-state index in [0.29, 0.717) is 23.2 Å². The number of aryl methyl sites for hydroxylation is 1. The minimum Gasteiger partial charge on any atom is -0.381 e. The molecule has 0 unspecified atom stereocenters. The van der Waals surface area contributed by atoms with Gasteiger partial charge in [-0.05, 0) is 48.6 Å². The van der Waals surface area contributed by atoms with Gasteiger partial charge in [-0.3, -0.25) is 10.1 Å². The molecule has 30 heavy (non-hydrogen) atoms. The summed E-state index contributed by atoms with van der Waals surface area (Å²) in [5.41, 5.74) is 4.12. The highest BCUT2D eigenvalue weighted by molar-refractivity contribution is 7.15. The second kappa shape index (κ2) is 9.85. The van der Waals surface area contributed by atoms with Crippen LogP contribution in [0.5, 0.6) is 0 Å². The van der Waals surface area contributed by atoms with Gasteiger partial charge in [-0.1, -0.05) is 67.9 Å². The highest BCUT2D eigenvalue weighted by Gasteiger charge is 2.20. The molecule has 0 spiro atoms. The molecule has 6 heteroatoms. The van der Waals surface area contributed by atoms with E-state index in [0.717, 1.165) is 22.7 Å². The smallest absolute Gasteiger partial charge is 0.257 e. The van der Waals surface area contributed by atoms with Crippen molar-refractivity contribution >= 4 is 28.1 Å². The highest BCUT2D eigenvalue weighted by atomic mass is 32.1. The molecule has 1 aliphatic rings.